The van der Waals surface area contributed by atoms with Crippen LogP contribution in [0.25, 0.3) is 0 Å². The van der Waals surface area contributed by atoms with Crippen LogP contribution in [0, 0.1) is 27.5 Å². The topological polar surface area (TPSA) is 72.2 Å². The van der Waals surface area contributed by atoms with Crippen molar-refractivity contribution in [2.75, 3.05) is 5.32 Å². The molecule has 2 aromatic rings. The summed E-state index contributed by atoms with van der Waals surface area (Å²) in [7, 11) is 0. The third-order valence-electron chi connectivity index (χ3n) is 3.09. The molecule has 0 heterocycles. The average molecular weight is 396 g/mol. The first-order chi connectivity index (χ1) is 9.88. The van der Waals surface area contributed by atoms with Gasteiger partial charge in [0.25, 0.3) is 11.6 Å². The van der Waals surface area contributed by atoms with Crippen LogP contribution in [-0.2, 0) is 0 Å². The predicted molar refractivity (Wildman–Crippen MR) is 89.7 cm³/mol. The zero-order chi connectivity index (χ0) is 15.6. The van der Waals surface area contributed by atoms with Gasteiger partial charge in [-0.3, -0.25) is 14.9 Å². The minimum atomic E-state index is -0.424. The molecule has 0 bridgehead atoms. The first kappa shape index (κ1) is 15.4. The summed E-state index contributed by atoms with van der Waals surface area (Å²) in [6.07, 6.45) is 0. The fourth-order valence-corrected chi connectivity index (χ4v) is 2.29. The third-order valence-corrected chi connectivity index (χ3v) is 3.81. The van der Waals surface area contributed by atoms with Crippen molar-refractivity contribution in [2.45, 2.75) is 13.8 Å². The Morgan fingerprint density at radius 1 is 1.14 bits per heavy atom. The van der Waals surface area contributed by atoms with Crippen molar-refractivity contribution < 1.29 is 9.72 Å². The second-order valence-corrected chi connectivity index (χ2v) is 5.92. The average Bonchev–Trinajstić information content (AvgIpc) is 2.42. The van der Waals surface area contributed by atoms with E-state index in [1.54, 1.807) is 32.0 Å². The Balaban J connectivity index is 2.27. The van der Waals surface area contributed by atoms with Crippen molar-refractivity contribution in [3.05, 3.63) is 66.8 Å². The summed E-state index contributed by atoms with van der Waals surface area (Å²) in [5.41, 5.74) is 2.36. The van der Waals surface area contributed by atoms with Crippen molar-refractivity contribution in [3.8, 4) is 0 Å². The van der Waals surface area contributed by atoms with E-state index < -0.39 is 4.92 Å². The van der Waals surface area contributed by atoms with Crippen molar-refractivity contribution in [2.24, 2.45) is 0 Å². The number of hydrogen-bond acceptors (Lipinski definition) is 3. The lowest BCUT2D eigenvalue weighted by molar-refractivity contribution is -0.385. The number of halogens is 1. The van der Waals surface area contributed by atoms with Crippen LogP contribution in [0.4, 0.5) is 11.4 Å². The molecule has 6 heteroatoms. The molecule has 0 saturated heterocycles. The van der Waals surface area contributed by atoms with Crippen molar-refractivity contribution >= 4 is 39.9 Å². The molecule has 0 aromatic heterocycles. The summed E-state index contributed by atoms with van der Waals surface area (Å²) < 4.78 is 1.05. The lowest BCUT2D eigenvalue weighted by Crippen LogP contribution is -2.13. The second-order valence-electron chi connectivity index (χ2n) is 4.67. The largest absolute Gasteiger partial charge is 0.322 e. The number of benzene rings is 2. The molecular formula is C15H13IN2O3. The molecule has 0 aliphatic rings. The number of rotatable bonds is 3. The minimum absolute atomic E-state index is 0.0553. The van der Waals surface area contributed by atoms with E-state index in [2.05, 4.69) is 27.9 Å². The molecule has 0 spiro atoms. The van der Waals surface area contributed by atoms with Crippen LogP contribution in [-0.4, -0.2) is 10.8 Å². The third kappa shape index (κ3) is 3.57. The zero-order valence-corrected chi connectivity index (χ0v) is 13.7. The van der Waals surface area contributed by atoms with Gasteiger partial charge in [-0.2, -0.15) is 0 Å². The van der Waals surface area contributed by atoms with Gasteiger partial charge in [0.05, 0.1) is 4.92 Å². The Morgan fingerprint density at radius 2 is 1.76 bits per heavy atom. The summed E-state index contributed by atoms with van der Waals surface area (Å²) in [5.74, 6) is -0.234. The van der Waals surface area contributed by atoms with Gasteiger partial charge in [0, 0.05) is 26.5 Å². The first-order valence-corrected chi connectivity index (χ1v) is 7.29. The Labute approximate surface area is 135 Å². The smallest absolute Gasteiger partial charge is 0.272 e. The Bertz CT molecular complexity index is 712. The van der Waals surface area contributed by atoms with Crippen LogP contribution >= 0.6 is 22.6 Å². The van der Waals surface area contributed by atoms with Crippen molar-refractivity contribution in [1.82, 2.24) is 0 Å². The molecule has 0 unspecified atom stereocenters. The number of nitro groups is 1. The number of nitrogens with zero attached hydrogens (tertiary/aromatic N) is 1. The molecule has 0 radical (unpaired) electrons. The molecule has 2 aromatic carbocycles. The minimum Gasteiger partial charge on any atom is -0.322 e. The maximum Gasteiger partial charge on any atom is 0.272 e. The van der Waals surface area contributed by atoms with Gasteiger partial charge < -0.3 is 5.32 Å². The van der Waals surface area contributed by atoms with Gasteiger partial charge in [-0.05, 0) is 72.3 Å². The number of nitrogens with one attached hydrogen (secondary N) is 1. The molecule has 0 saturated carbocycles. The molecule has 5 nitrogen and oxygen atoms in total. The number of carbonyl (C=O) groups is 1. The maximum absolute atomic E-state index is 12.2. The summed E-state index contributed by atoms with van der Waals surface area (Å²) >= 11 is 2.17. The molecular weight excluding hydrogens is 383 g/mol. The quantitative estimate of drug-likeness (QED) is 0.483. The highest BCUT2D eigenvalue weighted by Crippen LogP contribution is 2.26. The van der Waals surface area contributed by atoms with Crippen molar-refractivity contribution in [1.29, 1.82) is 0 Å². The highest BCUT2D eigenvalue weighted by Gasteiger charge is 2.15. The summed E-state index contributed by atoms with van der Waals surface area (Å²) in [4.78, 5) is 22.6. The molecule has 0 atom stereocenters. The van der Waals surface area contributed by atoms with Gasteiger partial charge in [0.15, 0.2) is 0 Å². The van der Waals surface area contributed by atoms with E-state index in [0.29, 0.717) is 22.4 Å². The summed E-state index contributed by atoms with van der Waals surface area (Å²) in [6.45, 7) is 3.38. The van der Waals surface area contributed by atoms with Gasteiger partial charge in [0.1, 0.15) is 0 Å². The molecule has 108 valence electrons. The van der Waals surface area contributed by atoms with Gasteiger partial charge in [0.2, 0.25) is 0 Å². The maximum atomic E-state index is 12.2. The number of nitro benzene ring substituents is 1. The van der Waals surface area contributed by atoms with Crippen LogP contribution in [0.15, 0.2) is 36.4 Å². The normalized spacial score (nSPS) is 10.2. The van der Waals surface area contributed by atoms with E-state index in [1.807, 2.05) is 12.1 Å². The van der Waals surface area contributed by atoms with Crippen LogP contribution < -0.4 is 5.32 Å². The molecule has 1 N–H and O–H groups in total. The molecule has 0 fully saturated rings. The zero-order valence-electron chi connectivity index (χ0n) is 11.5. The Morgan fingerprint density at radius 3 is 2.33 bits per heavy atom. The molecule has 2 rings (SSSR count). The fourth-order valence-electron chi connectivity index (χ4n) is 1.93. The number of amides is 1. The molecule has 21 heavy (non-hydrogen) atoms. The highest BCUT2D eigenvalue weighted by atomic mass is 127. The predicted octanol–water partition coefficient (Wildman–Crippen LogP) is 4.07. The van der Waals surface area contributed by atoms with E-state index in [1.165, 1.54) is 6.07 Å². The number of anilines is 1. The number of hydrogen-bond donors (Lipinski definition) is 1. The highest BCUT2D eigenvalue weighted by molar-refractivity contribution is 14.1. The molecule has 1 amide bonds. The van der Waals surface area contributed by atoms with E-state index in [0.717, 1.165) is 3.57 Å². The van der Waals surface area contributed by atoms with Crippen molar-refractivity contribution in [3.63, 3.8) is 0 Å². The van der Waals surface area contributed by atoms with Gasteiger partial charge in [-0.25, -0.2) is 0 Å². The number of carbonyl (C=O) groups excluding carboxylic acids is 1. The summed E-state index contributed by atoms with van der Waals surface area (Å²) in [6, 6.07) is 10.3. The SMILES string of the molecule is Cc1cc([N+](=O)[O-])c(C)cc1NC(=O)c1ccc(I)cc1. The fraction of sp³-hybridized carbons (Fsp3) is 0.133. The monoisotopic (exact) mass is 396 g/mol. The van der Waals surface area contributed by atoms with Crippen LogP contribution in [0.5, 0.6) is 0 Å². The molecule has 0 aliphatic carbocycles. The van der Waals surface area contributed by atoms with Crippen LogP contribution in [0.3, 0.4) is 0 Å². The summed E-state index contributed by atoms with van der Waals surface area (Å²) in [5, 5.41) is 13.7. The van der Waals surface area contributed by atoms with E-state index in [-0.39, 0.29) is 11.6 Å². The second kappa shape index (κ2) is 6.21. The lowest BCUT2D eigenvalue weighted by Gasteiger charge is -2.10. The van der Waals surface area contributed by atoms with E-state index in [4.69, 9.17) is 0 Å². The molecule has 0 aliphatic heterocycles. The first-order valence-electron chi connectivity index (χ1n) is 6.21. The Hall–Kier alpha value is -1.96. The van der Waals surface area contributed by atoms with Crippen LogP contribution in [0.2, 0.25) is 0 Å². The Kier molecular flexibility index (Phi) is 4.56. The van der Waals surface area contributed by atoms with Crippen LogP contribution in [0.1, 0.15) is 21.5 Å². The standard InChI is InChI=1S/C15H13IN2O3/c1-9-8-14(18(20)21)10(2)7-13(9)17-15(19)11-3-5-12(16)6-4-11/h3-8H,1-2H3,(H,17,19). The number of aryl methyl sites for hydroxylation is 2. The van der Waals surface area contributed by atoms with Gasteiger partial charge in [-0.15, -0.1) is 0 Å². The lowest BCUT2D eigenvalue weighted by atomic mass is 10.1. The van der Waals surface area contributed by atoms with Gasteiger partial charge in [-0.1, -0.05) is 0 Å². The van der Waals surface area contributed by atoms with E-state index >= 15 is 0 Å². The van der Waals surface area contributed by atoms with Gasteiger partial charge >= 0.3 is 0 Å². The van der Waals surface area contributed by atoms with E-state index in [9.17, 15) is 14.9 Å².